The van der Waals surface area contributed by atoms with Gasteiger partial charge >= 0.3 is 11.7 Å². The molecule has 0 unspecified atom stereocenters. The molecule has 0 N–H and O–H groups in total. The lowest BCUT2D eigenvalue weighted by molar-refractivity contribution is -0.137. The molecule has 0 spiro atoms. The molecule has 0 aliphatic heterocycles. The maximum absolute atomic E-state index is 13.0. The van der Waals surface area contributed by atoms with E-state index in [4.69, 9.17) is 28.5 Å². The predicted molar refractivity (Wildman–Crippen MR) is 88.3 cm³/mol. The van der Waals surface area contributed by atoms with Crippen LogP contribution >= 0.6 is 35.0 Å². The zero-order valence-corrected chi connectivity index (χ0v) is 16.3. The molecular formula is C13H5Cl2F6N3O2S2. The molecule has 0 saturated carbocycles. The maximum Gasteiger partial charge on any atom is 0.502 e. The van der Waals surface area contributed by atoms with Crippen LogP contribution < -0.4 is 0 Å². The molecule has 1 aromatic heterocycles. The molecule has 0 amide bonds. The molecule has 0 saturated heterocycles. The average molecular weight is 484 g/mol. The lowest BCUT2D eigenvalue weighted by Gasteiger charge is -2.14. The van der Waals surface area contributed by atoms with E-state index in [9.17, 15) is 34.8 Å². The van der Waals surface area contributed by atoms with Crippen LogP contribution in [0.1, 0.15) is 11.3 Å². The van der Waals surface area contributed by atoms with Gasteiger partial charge in [0.15, 0.2) is 5.69 Å². The Morgan fingerprint density at radius 3 is 2.00 bits per heavy atom. The van der Waals surface area contributed by atoms with Gasteiger partial charge in [-0.25, -0.2) is 13.1 Å². The van der Waals surface area contributed by atoms with Gasteiger partial charge < -0.3 is 0 Å². The van der Waals surface area contributed by atoms with Gasteiger partial charge in [-0.3, -0.25) is 0 Å². The molecule has 15 heteroatoms. The normalized spacial score (nSPS) is 12.9. The summed E-state index contributed by atoms with van der Waals surface area (Å²) in [6.45, 7) is 0. The van der Waals surface area contributed by atoms with E-state index in [1.807, 2.05) is 0 Å². The van der Waals surface area contributed by atoms with Crippen molar-refractivity contribution >= 4 is 44.8 Å². The molecule has 0 atom stereocenters. The summed E-state index contributed by atoms with van der Waals surface area (Å²) in [6, 6.07) is 2.11. The summed E-state index contributed by atoms with van der Waals surface area (Å²) >= 11 is 12.1. The van der Waals surface area contributed by atoms with Crippen molar-refractivity contribution in [2.24, 2.45) is 0 Å². The van der Waals surface area contributed by atoms with Gasteiger partial charge in [0.05, 0.1) is 15.6 Å². The zero-order chi connectivity index (χ0) is 21.7. The quantitative estimate of drug-likeness (QED) is 0.449. The topological polar surface area (TPSA) is 75.8 Å². The van der Waals surface area contributed by atoms with Gasteiger partial charge in [0.2, 0.25) is 0 Å². The predicted octanol–water partition coefficient (Wildman–Crippen LogP) is 5.08. The van der Waals surface area contributed by atoms with E-state index >= 15 is 0 Å². The third kappa shape index (κ3) is 3.78. The fraction of sp³-hybridized carbons (Fsp3) is 0.231. The Labute approximate surface area is 167 Å². The molecular weight excluding hydrogens is 479 g/mol. The van der Waals surface area contributed by atoms with E-state index in [0.29, 0.717) is 28.6 Å². The minimum Gasteiger partial charge on any atom is -0.221 e. The van der Waals surface area contributed by atoms with Crippen LogP contribution in [0.3, 0.4) is 0 Å². The fourth-order valence-corrected chi connectivity index (χ4v) is 4.78. The number of thioether (sulfide) groups is 1. The second kappa shape index (κ2) is 7.33. The van der Waals surface area contributed by atoms with Gasteiger partial charge in [-0.15, -0.1) is 11.8 Å². The molecule has 0 aliphatic rings. The first-order chi connectivity index (χ1) is 12.7. The monoisotopic (exact) mass is 483 g/mol. The van der Waals surface area contributed by atoms with Gasteiger partial charge in [-0.05, 0) is 18.4 Å². The van der Waals surface area contributed by atoms with E-state index in [-0.39, 0.29) is 0 Å². The minimum atomic E-state index is -6.00. The summed E-state index contributed by atoms with van der Waals surface area (Å²) in [7, 11) is -6.00. The number of sulfone groups is 1. The van der Waals surface area contributed by atoms with Crippen molar-refractivity contribution in [3.05, 3.63) is 33.4 Å². The van der Waals surface area contributed by atoms with Gasteiger partial charge in [0.25, 0.3) is 9.84 Å². The smallest absolute Gasteiger partial charge is 0.221 e. The van der Waals surface area contributed by atoms with Crippen molar-refractivity contribution in [1.82, 2.24) is 9.78 Å². The Hall–Kier alpha value is -1.62. The van der Waals surface area contributed by atoms with Crippen molar-refractivity contribution in [3.63, 3.8) is 0 Å². The molecule has 1 aromatic carbocycles. The highest BCUT2D eigenvalue weighted by Gasteiger charge is 2.51. The van der Waals surface area contributed by atoms with Crippen LogP contribution in [0.15, 0.2) is 22.1 Å². The molecule has 1 heterocycles. The Morgan fingerprint density at radius 2 is 1.64 bits per heavy atom. The first-order valence-electron chi connectivity index (χ1n) is 6.61. The minimum absolute atomic E-state index is 0.443. The number of halogens is 8. The maximum atomic E-state index is 13.0. The first kappa shape index (κ1) is 22.7. The summed E-state index contributed by atoms with van der Waals surface area (Å²) < 4.78 is 102. The number of aromatic nitrogens is 2. The van der Waals surface area contributed by atoms with Crippen LogP contribution in [0.4, 0.5) is 26.3 Å². The number of hydrogen-bond donors (Lipinski definition) is 0. The van der Waals surface area contributed by atoms with E-state index in [2.05, 4.69) is 5.10 Å². The van der Waals surface area contributed by atoms with Gasteiger partial charge in [0, 0.05) is 0 Å². The van der Waals surface area contributed by atoms with Crippen LogP contribution in [0.25, 0.3) is 5.69 Å². The highest BCUT2D eigenvalue weighted by Crippen LogP contribution is 2.42. The third-order valence-corrected chi connectivity index (χ3v) is 6.23. The fourth-order valence-electron chi connectivity index (χ4n) is 2.08. The molecule has 0 fully saturated rings. The Morgan fingerprint density at radius 1 is 1.14 bits per heavy atom. The Balaban J connectivity index is 2.90. The number of alkyl halides is 6. The van der Waals surface area contributed by atoms with Crippen LogP contribution in [0.2, 0.25) is 10.0 Å². The highest BCUT2D eigenvalue weighted by atomic mass is 35.5. The Bertz CT molecular complexity index is 1060. The molecule has 5 nitrogen and oxygen atoms in total. The second-order valence-corrected chi connectivity index (χ2v) is 8.43. The number of nitriles is 1. The van der Waals surface area contributed by atoms with Crippen LogP contribution in [0.5, 0.6) is 0 Å². The third-order valence-electron chi connectivity index (χ3n) is 3.23. The van der Waals surface area contributed by atoms with E-state index in [1.54, 1.807) is 0 Å². The highest BCUT2D eigenvalue weighted by molar-refractivity contribution is 7.99. The van der Waals surface area contributed by atoms with Crippen LogP contribution in [-0.4, -0.2) is 30.0 Å². The summed E-state index contributed by atoms with van der Waals surface area (Å²) in [6.07, 6.45) is -3.64. The lowest BCUT2D eigenvalue weighted by Crippen LogP contribution is -2.24. The number of nitrogens with zero attached hydrogens (tertiary/aromatic N) is 3. The largest absolute Gasteiger partial charge is 0.502 e. The van der Waals surface area contributed by atoms with Gasteiger partial charge in [-0.1, -0.05) is 23.2 Å². The second-order valence-electron chi connectivity index (χ2n) is 4.95. The SMILES string of the molecule is CSc1c(S(=O)(=O)C(F)(F)F)c(C#N)nn1-c1c(Cl)cc(C(F)(F)F)cc1Cl. The summed E-state index contributed by atoms with van der Waals surface area (Å²) in [5.41, 5.74) is -8.62. The molecule has 0 bridgehead atoms. The van der Waals surface area contributed by atoms with E-state index in [1.165, 1.54) is 12.3 Å². The standard InChI is InChI=1S/C13H5Cl2F6N3O2S2/c1-27-11-10(28(25,26)13(19,20)21)8(4-22)23-24(11)9-6(14)2-5(3-7(9)15)12(16,17)18/h2-3H,1H3. The van der Waals surface area contributed by atoms with Gasteiger partial charge in [-0.2, -0.15) is 36.7 Å². The summed E-state index contributed by atoms with van der Waals surface area (Å²) in [5.74, 6) is 0. The Kier molecular flexibility index (Phi) is 5.93. The molecule has 2 aromatic rings. The van der Waals surface area contributed by atoms with Crippen molar-refractivity contribution in [3.8, 4) is 11.8 Å². The zero-order valence-electron chi connectivity index (χ0n) is 13.2. The van der Waals surface area contributed by atoms with Crippen molar-refractivity contribution in [1.29, 1.82) is 5.26 Å². The summed E-state index contributed by atoms with van der Waals surface area (Å²) in [4.78, 5) is -1.44. The lowest BCUT2D eigenvalue weighted by atomic mass is 10.2. The van der Waals surface area contributed by atoms with Crippen LogP contribution in [-0.2, 0) is 16.0 Å². The van der Waals surface area contributed by atoms with Crippen molar-refractivity contribution < 1.29 is 34.8 Å². The number of hydrogen-bond acceptors (Lipinski definition) is 5. The molecule has 0 aliphatic carbocycles. The molecule has 152 valence electrons. The van der Waals surface area contributed by atoms with Crippen molar-refractivity contribution in [2.75, 3.05) is 6.26 Å². The average Bonchev–Trinajstić information content (AvgIpc) is 2.91. The first-order valence-corrected chi connectivity index (χ1v) is 10.1. The van der Waals surface area contributed by atoms with Crippen LogP contribution in [0, 0.1) is 11.3 Å². The molecule has 28 heavy (non-hydrogen) atoms. The summed E-state index contributed by atoms with van der Waals surface area (Å²) in [5, 5.41) is 10.5. The molecule has 0 radical (unpaired) electrons. The number of rotatable bonds is 3. The molecule has 2 rings (SSSR count). The van der Waals surface area contributed by atoms with E-state index < -0.39 is 58.4 Å². The van der Waals surface area contributed by atoms with E-state index in [0.717, 1.165) is 0 Å². The number of benzene rings is 1. The van der Waals surface area contributed by atoms with Gasteiger partial charge in [0.1, 0.15) is 21.7 Å². The van der Waals surface area contributed by atoms with Crippen molar-refractivity contribution in [2.45, 2.75) is 21.6 Å².